The molecule has 0 fully saturated rings. The van der Waals surface area contributed by atoms with Crippen LogP contribution in [0.15, 0.2) is 18.2 Å². The Hall–Kier alpha value is -0.890. The molecule has 0 aliphatic carbocycles. The molecule has 0 spiro atoms. The smallest absolute Gasteiger partial charge is 0.132 e. The van der Waals surface area contributed by atoms with Gasteiger partial charge in [-0.05, 0) is 17.9 Å². The summed E-state index contributed by atoms with van der Waals surface area (Å²) in [5.74, 6) is -0.0116. The fourth-order valence-corrected chi connectivity index (χ4v) is 1.69. The molecule has 0 amide bonds. The highest BCUT2D eigenvalue weighted by Crippen LogP contribution is 2.25. The van der Waals surface area contributed by atoms with Gasteiger partial charge in [-0.25, -0.2) is 4.39 Å². The van der Waals surface area contributed by atoms with Crippen molar-refractivity contribution in [2.24, 2.45) is 0 Å². The van der Waals surface area contributed by atoms with Gasteiger partial charge in [-0.3, -0.25) is 0 Å². The summed E-state index contributed by atoms with van der Waals surface area (Å²) in [6.45, 7) is 3.88. The van der Waals surface area contributed by atoms with Crippen molar-refractivity contribution in [3.8, 4) is 0 Å². The first-order valence-electron chi connectivity index (χ1n) is 5.08. The lowest BCUT2D eigenvalue weighted by Gasteiger charge is -2.13. The van der Waals surface area contributed by atoms with Crippen LogP contribution < -0.4 is 0 Å². The molecule has 0 heterocycles. The molecule has 0 aromatic heterocycles. The van der Waals surface area contributed by atoms with E-state index in [1.54, 1.807) is 18.2 Å². The first-order chi connectivity index (χ1) is 6.70. The van der Waals surface area contributed by atoms with Crippen LogP contribution in [0.1, 0.15) is 43.7 Å². The summed E-state index contributed by atoms with van der Waals surface area (Å²) in [6.07, 6.45) is 2.02. The fourth-order valence-electron chi connectivity index (χ4n) is 1.69. The van der Waals surface area contributed by atoms with Crippen molar-refractivity contribution >= 4 is 0 Å². The van der Waals surface area contributed by atoms with Crippen molar-refractivity contribution in [2.75, 3.05) is 0 Å². The van der Waals surface area contributed by atoms with Gasteiger partial charge in [-0.1, -0.05) is 38.5 Å². The Morgan fingerprint density at radius 2 is 2.14 bits per heavy atom. The van der Waals surface area contributed by atoms with E-state index in [0.717, 1.165) is 18.4 Å². The molecular weight excluding hydrogens is 179 g/mol. The van der Waals surface area contributed by atoms with Crippen LogP contribution in [-0.2, 0) is 6.61 Å². The third-order valence-electron chi connectivity index (χ3n) is 2.53. The number of hydrogen-bond acceptors (Lipinski definition) is 1. The number of hydrogen-bond donors (Lipinski definition) is 1. The minimum absolute atomic E-state index is 0.224. The Bertz CT molecular complexity index is 296. The summed E-state index contributed by atoms with van der Waals surface area (Å²) in [4.78, 5) is 0. The lowest BCUT2D eigenvalue weighted by molar-refractivity contribution is 0.275. The van der Waals surface area contributed by atoms with Gasteiger partial charge in [0.05, 0.1) is 6.61 Å². The van der Waals surface area contributed by atoms with Crippen LogP contribution in [0.5, 0.6) is 0 Å². The van der Waals surface area contributed by atoms with E-state index in [1.807, 2.05) is 6.92 Å². The number of benzene rings is 1. The Morgan fingerprint density at radius 1 is 1.43 bits per heavy atom. The van der Waals surface area contributed by atoms with Gasteiger partial charge >= 0.3 is 0 Å². The number of aliphatic hydroxyl groups is 1. The van der Waals surface area contributed by atoms with Crippen LogP contribution in [0.3, 0.4) is 0 Å². The Morgan fingerprint density at radius 3 is 2.71 bits per heavy atom. The molecular formula is C12H17FO. The summed E-state index contributed by atoms with van der Waals surface area (Å²) in [5, 5.41) is 8.91. The van der Waals surface area contributed by atoms with Crippen molar-refractivity contribution in [2.45, 2.75) is 39.2 Å². The van der Waals surface area contributed by atoms with Crippen molar-refractivity contribution in [3.05, 3.63) is 35.1 Å². The number of aliphatic hydroxyl groups excluding tert-OH is 1. The number of rotatable bonds is 4. The summed E-state index contributed by atoms with van der Waals surface area (Å²) < 4.78 is 13.7. The van der Waals surface area contributed by atoms with E-state index in [4.69, 9.17) is 5.11 Å². The second-order valence-electron chi connectivity index (χ2n) is 3.67. The van der Waals surface area contributed by atoms with E-state index < -0.39 is 0 Å². The van der Waals surface area contributed by atoms with Crippen LogP contribution in [-0.4, -0.2) is 5.11 Å². The lowest BCUT2D eigenvalue weighted by Crippen LogP contribution is -2.00. The third kappa shape index (κ3) is 2.32. The Labute approximate surface area is 84.6 Å². The van der Waals surface area contributed by atoms with Crippen LogP contribution in [0.2, 0.25) is 0 Å². The largest absolute Gasteiger partial charge is 0.392 e. The first kappa shape index (κ1) is 11.2. The quantitative estimate of drug-likeness (QED) is 0.784. The Balaban J connectivity index is 2.96. The predicted molar refractivity (Wildman–Crippen MR) is 55.6 cm³/mol. The summed E-state index contributed by atoms with van der Waals surface area (Å²) in [7, 11) is 0. The van der Waals surface area contributed by atoms with Gasteiger partial charge in [0.1, 0.15) is 5.82 Å². The van der Waals surface area contributed by atoms with E-state index in [2.05, 4.69) is 6.92 Å². The van der Waals surface area contributed by atoms with E-state index in [0.29, 0.717) is 5.56 Å². The number of halogens is 1. The standard InChI is InChI=1S/C12H17FO/c1-3-5-9(2)11-7-4-6-10(8-14)12(11)13/h4,6-7,9,14H,3,5,8H2,1-2H3. The molecule has 1 unspecified atom stereocenters. The monoisotopic (exact) mass is 196 g/mol. The SMILES string of the molecule is CCCC(C)c1cccc(CO)c1F. The Kier molecular flexibility index (Phi) is 4.08. The highest BCUT2D eigenvalue weighted by molar-refractivity contribution is 5.28. The highest BCUT2D eigenvalue weighted by atomic mass is 19.1. The molecule has 1 aromatic rings. The topological polar surface area (TPSA) is 20.2 Å². The molecule has 78 valence electrons. The zero-order chi connectivity index (χ0) is 10.6. The maximum atomic E-state index is 13.7. The minimum Gasteiger partial charge on any atom is -0.392 e. The molecule has 0 radical (unpaired) electrons. The molecule has 1 N–H and O–H groups in total. The second kappa shape index (κ2) is 5.11. The van der Waals surface area contributed by atoms with Crippen LogP contribution in [0.4, 0.5) is 4.39 Å². The van der Waals surface area contributed by atoms with E-state index >= 15 is 0 Å². The van der Waals surface area contributed by atoms with Gasteiger partial charge in [0.2, 0.25) is 0 Å². The van der Waals surface area contributed by atoms with Gasteiger partial charge in [-0.15, -0.1) is 0 Å². The molecule has 1 aromatic carbocycles. The van der Waals surface area contributed by atoms with Gasteiger partial charge in [-0.2, -0.15) is 0 Å². The van der Waals surface area contributed by atoms with E-state index in [9.17, 15) is 4.39 Å². The zero-order valence-corrected chi connectivity index (χ0v) is 8.76. The normalized spacial score (nSPS) is 12.9. The molecule has 0 aliphatic rings. The van der Waals surface area contributed by atoms with Gasteiger partial charge in [0.25, 0.3) is 0 Å². The molecule has 2 heteroatoms. The van der Waals surface area contributed by atoms with Crippen LogP contribution in [0.25, 0.3) is 0 Å². The molecule has 0 bridgehead atoms. The molecule has 0 saturated carbocycles. The molecule has 0 aliphatic heterocycles. The molecule has 1 nitrogen and oxygen atoms in total. The summed E-state index contributed by atoms with van der Waals surface area (Å²) in [6, 6.07) is 5.22. The zero-order valence-electron chi connectivity index (χ0n) is 8.76. The maximum Gasteiger partial charge on any atom is 0.132 e. The predicted octanol–water partition coefficient (Wildman–Crippen LogP) is 3.22. The van der Waals surface area contributed by atoms with Crippen molar-refractivity contribution < 1.29 is 9.50 Å². The average molecular weight is 196 g/mol. The third-order valence-corrected chi connectivity index (χ3v) is 2.53. The second-order valence-corrected chi connectivity index (χ2v) is 3.67. The minimum atomic E-state index is -0.240. The van der Waals surface area contributed by atoms with Gasteiger partial charge in [0, 0.05) is 5.56 Å². The van der Waals surface area contributed by atoms with Gasteiger partial charge in [0.15, 0.2) is 0 Å². The van der Waals surface area contributed by atoms with Crippen molar-refractivity contribution in [1.82, 2.24) is 0 Å². The fraction of sp³-hybridized carbons (Fsp3) is 0.500. The lowest BCUT2D eigenvalue weighted by atomic mass is 9.94. The van der Waals surface area contributed by atoms with Crippen LogP contribution >= 0.6 is 0 Å². The highest BCUT2D eigenvalue weighted by Gasteiger charge is 2.12. The first-order valence-corrected chi connectivity index (χ1v) is 5.08. The molecule has 14 heavy (non-hydrogen) atoms. The van der Waals surface area contributed by atoms with Gasteiger partial charge < -0.3 is 5.11 Å². The molecule has 1 rings (SSSR count). The van der Waals surface area contributed by atoms with Crippen molar-refractivity contribution in [1.29, 1.82) is 0 Å². The van der Waals surface area contributed by atoms with Crippen molar-refractivity contribution in [3.63, 3.8) is 0 Å². The molecule has 1 atom stereocenters. The molecule has 0 saturated heterocycles. The average Bonchev–Trinajstić information content (AvgIpc) is 2.18. The summed E-state index contributed by atoms with van der Waals surface area (Å²) >= 11 is 0. The van der Waals surface area contributed by atoms with E-state index in [-0.39, 0.29) is 18.3 Å². The maximum absolute atomic E-state index is 13.7. The summed E-state index contributed by atoms with van der Waals surface area (Å²) in [5.41, 5.74) is 1.11. The van der Waals surface area contributed by atoms with Crippen LogP contribution in [0, 0.1) is 5.82 Å². The van der Waals surface area contributed by atoms with E-state index in [1.165, 1.54) is 0 Å².